The van der Waals surface area contributed by atoms with Crippen LogP contribution in [0, 0.1) is 12.8 Å². The van der Waals surface area contributed by atoms with Gasteiger partial charge in [-0.3, -0.25) is 4.79 Å². The number of carbonyl (C=O) groups is 1. The van der Waals surface area contributed by atoms with E-state index in [1.807, 2.05) is 13.0 Å². The molecule has 0 aliphatic heterocycles. The van der Waals surface area contributed by atoms with E-state index in [1.54, 1.807) is 18.2 Å². The van der Waals surface area contributed by atoms with E-state index in [2.05, 4.69) is 20.2 Å². The quantitative estimate of drug-likeness (QED) is 0.703. The monoisotopic (exact) mass is 427 g/mol. The molecule has 2 saturated carbocycles. The summed E-state index contributed by atoms with van der Waals surface area (Å²) in [6.07, 6.45) is 10.2. The second-order valence-corrected chi connectivity index (χ2v) is 9.44. The maximum Gasteiger partial charge on any atom is 0.274 e. The number of nitrogens with one attached hydrogen (secondary N) is 1. The van der Waals surface area contributed by atoms with Crippen LogP contribution in [0.3, 0.4) is 0 Å². The zero-order valence-corrected chi connectivity index (χ0v) is 18.2. The molecular formula is C22H29N5O2S. The predicted molar refractivity (Wildman–Crippen MR) is 119 cm³/mol. The van der Waals surface area contributed by atoms with E-state index in [0.29, 0.717) is 22.3 Å². The molecule has 1 unspecified atom stereocenters. The van der Waals surface area contributed by atoms with Crippen molar-refractivity contribution in [1.82, 2.24) is 9.97 Å². The summed E-state index contributed by atoms with van der Waals surface area (Å²) in [5.41, 5.74) is 1.80. The topological polar surface area (TPSA) is 101 Å². The van der Waals surface area contributed by atoms with Crippen molar-refractivity contribution in [2.24, 2.45) is 11.1 Å². The number of carbonyl (C=O) groups excluding carboxylic acids is 1. The summed E-state index contributed by atoms with van der Waals surface area (Å²) in [7, 11) is -1.55. The molecule has 160 valence electrons. The third-order valence-corrected chi connectivity index (χ3v) is 6.74. The van der Waals surface area contributed by atoms with Gasteiger partial charge in [0.25, 0.3) is 5.91 Å². The van der Waals surface area contributed by atoms with Crippen molar-refractivity contribution in [3.05, 3.63) is 41.9 Å². The zero-order valence-electron chi connectivity index (χ0n) is 17.3. The first-order valence-corrected chi connectivity index (χ1v) is 11.9. The van der Waals surface area contributed by atoms with E-state index in [1.165, 1.54) is 51.3 Å². The maximum absolute atomic E-state index is 12.9. The minimum absolute atomic E-state index is 0.279. The first kappa shape index (κ1) is 20.9. The number of nitrogens with two attached hydrogens (primary N) is 1. The number of aryl methyl sites for hydroxylation is 1. The van der Waals surface area contributed by atoms with Crippen LogP contribution < -0.4 is 15.4 Å². The van der Waals surface area contributed by atoms with E-state index in [9.17, 15) is 9.00 Å². The lowest BCUT2D eigenvalue weighted by Crippen LogP contribution is -2.39. The van der Waals surface area contributed by atoms with Gasteiger partial charge in [-0.25, -0.2) is 19.3 Å². The average Bonchev–Trinajstić information content (AvgIpc) is 3.58. The van der Waals surface area contributed by atoms with E-state index in [0.717, 1.165) is 23.8 Å². The van der Waals surface area contributed by atoms with E-state index in [4.69, 9.17) is 5.14 Å². The third-order valence-electron chi connectivity index (χ3n) is 6.03. The minimum atomic E-state index is -1.55. The van der Waals surface area contributed by atoms with Crippen molar-refractivity contribution in [3.8, 4) is 0 Å². The largest absolute Gasteiger partial charge is 0.353 e. The number of hydrogen-bond donors (Lipinski definition) is 2. The lowest BCUT2D eigenvalue weighted by molar-refractivity contribution is 0.102. The van der Waals surface area contributed by atoms with Crippen molar-refractivity contribution in [2.45, 2.75) is 62.8 Å². The molecule has 2 fully saturated rings. The van der Waals surface area contributed by atoms with Crippen LogP contribution in [0.1, 0.15) is 61.0 Å². The highest BCUT2D eigenvalue weighted by molar-refractivity contribution is 7.82. The van der Waals surface area contributed by atoms with Crippen molar-refractivity contribution in [1.29, 1.82) is 0 Å². The van der Waals surface area contributed by atoms with Gasteiger partial charge in [-0.1, -0.05) is 19.3 Å². The van der Waals surface area contributed by atoms with Crippen LogP contribution in [0.15, 0.2) is 35.5 Å². The molecule has 3 N–H and O–H groups in total. The van der Waals surface area contributed by atoms with Crippen LogP contribution in [0.5, 0.6) is 0 Å². The van der Waals surface area contributed by atoms with E-state index >= 15 is 0 Å². The fourth-order valence-corrected chi connectivity index (χ4v) is 4.61. The highest BCUT2D eigenvalue weighted by Gasteiger charge is 2.30. The standard InChI is InChI=1S/C22H29N5O2S/c1-15-11-18(30(23)29)9-10-19(15)26-22(28)20-12-21(25-14-24-20)27(13-16-7-8-16)17-5-3-2-4-6-17/h9-12,14,16-17H,2-8,13,23H2,1H3,(H,26,28). The SMILES string of the molecule is Cc1cc(S(N)=O)ccc1NC(=O)c1cc(N(CC2CC2)C2CCCCC2)ncn1. The number of aromatic nitrogens is 2. The van der Waals surface area contributed by atoms with Gasteiger partial charge >= 0.3 is 0 Å². The van der Waals surface area contributed by atoms with Crippen LogP contribution in [0.25, 0.3) is 0 Å². The van der Waals surface area contributed by atoms with Gasteiger partial charge in [-0.05, 0) is 62.3 Å². The van der Waals surface area contributed by atoms with Gasteiger partial charge in [0, 0.05) is 24.3 Å². The summed E-state index contributed by atoms with van der Waals surface area (Å²) >= 11 is 0. The van der Waals surface area contributed by atoms with Crippen molar-refractivity contribution < 1.29 is 9.00 Å². The number of amides is 1. The Labute approximate surface area is 180 Å². The molecule has 2 aliphatic rings. The summed E-state index contributed by atoms with van der Waals surface area (Å²) in [5, 5.41) is 8.34. The van der Waals surface area contributed by atoms with Crippen molar-refractivity contribution in [2.75, 3.05) is 16.8 Å². The molecule has 1 amide bonds. The highest BCUT2D eigenvalue weighted by Crippen LogP contribution is 2.34. The third kappa shape index (κ3) is 5.05. The minimum Gasteiger partial charge on any atom is -0.353 e. The van der Waals surface area contributed by atoms with Crippen LogP contribution in [0.2, 0.25) is 0 Å². The molecule has 1 aromatic carbocycles. The summed E-state index contributed by atoms with van der Waals surface area (Å²) < 4.78 is 11.4. The summed E-state index contributed by atoms with van der Waals surface area (Å²) in [4.78, 5) is 24.5. The van der Waals surface area contributed by atoms with Crippen molar-refractivity contribution >= 4 is 28.4 Å². The number of anilines is 2. The Hall–Kier alpha value is -2.32. The molecule has 7 nitrogen and oxygen atoms in total. The molecule has 4 rings (SSSR count). The van der Waals surface area contributed by atoms with Gasteiger partial charge in [0.15, 0.2) is 0 Å². The lowest BCUT2D eigenvalue weighted by Gasteiger charge is -2.35. The zero-order chi connectivity index (χ0) is 21.1. The molecule has 2 aromatic rings. The Morgan fingerprint density at radius 2 is 1.93 bits per heavy atom. The smallest absolute Gasteiger partial charge is 0.274 e. The number of rotatable bonds is 7. The van der Waals surface area contributed by atoms with Crippen LogP contribution in [-0.2, 0) is 11.0 Å². The molecule has 30 heavy (non-hydrogen) atoms. The molecule has 0 spiro atoms. The lowest BCUT2D eigenvalue weighted by atomic mass is 9.94. The highest BCUT2D eigenvalue weighted by atomic mass is 32.2. The molecular weight excluding hydrogens is 398 g/mol. The fourth-order valence-electron chi connectivity index (χ4n) is 4.12. The van der Waals surface area contributed by atoms with Crippen LogP contribution in [-0.4, -0.2) is 32.7 Å². The van der Waals surface area contributed by atoms with Gasteiger partial charge in [0.2, 0.25) is 0 Å². The summed E-state index contributed by atoms with van der Waals surface area (Å²) in [5.74, 6) is 1.31. The second-order valence-electron chi connectivity index (χ2n) is 8.38. The first-order valence-electron chi connectivity index (χ1n) is 10.7. The van der Waals surface area contributed by atoms with E-state index < -0.39 is 11.0 Å². The predicted octanol–water partition coefficient (Wildman–Crippen LogP) is 3.57. The summed E-state index contributed by atoms with van der Waals surface area (Å²) in [6.45, 7) is 2.86. The molecule has 1 heterocycles. The fraction of sp³-hybridized carbons (Fsp3) is 0.500. The Kier molecular flexibility index (Phi) is 6.43. The van der Waals surface area contributed by atoms with Gasteiger partial charge in [0.05, 0.1) is 4.90 Å². The molecule has 0 radical (unpaired) electrons. The first-order chi connectivity index (χ1) is 14.5. The van der Waals surface area contributed by atoms with Crippen LogP contribution in [0.4, 0.5) is 11.5 Å². The Morgan fingerprint density at radius 3 is 2.60 bits per heavy atom. The molecule has 1 aromatic heterocycles. The van der Waals surface area contributed by atoms with Gasteiger partial charge < -0.3 is 10.2 Å². The molecule has 8 heteroatoms. The Balaban J connectivity index is 1.52. The Morgan fingerprint density at radius 1 is 1.17 bits per heavy atom. The number of hydrogen-bond acceptors (Lipinski definition) is 5. The van der Waals surface area contributed by atoms with Gasteiger partial charge in [0.1, 0.15) is 28.8 Å². The maximum atomic E-state index is 12.9. The number of nitrogens with zero attached hydrogens (tertiary/aromatic N) is 3. The normalized spacial score (nSPS) is 18.1. The van der Waals surface area contributed by atoms with Gasteiger partial charge in [-0.2, -0.15) is 0 Å². The average molecular weight is 428 g/mol. The summed E-state index contributed by atoms with van der Waals surface area (Å²) in [6, 6.07) is 7.40. The molecule has 1 atom stereocenters. The number of benzene rings is 1. The van der Waals surface area contributed by atoms with E-state index in [-0.39, 0.29) is 5.91 Å². The van der Waals surface area contributed by atoms with Gasteiger partial charge in [-0.15, -0.1) is 0 Å². The Bertz CT molecular complexity index is 941. The second kappa shape index (κ2) is 9.22. The van der Waals surface area contributed by atoms with Crippen LogP contribution >= 0.6 is 0 Å². The molecule has 2 aliphatic carbocycles. The van der Waals surface area contributed by atoms with Crippen molar-refractivity contribution in [3.63, 3.8) is 0 Å². The molecule has 0 saturated heterocycles. The molecule has 0 bridgehead atoms.